The summed E-state index contributed by atoms with van der Waals surface area (Å²) < 4.78 is 5.54. The van der Waals surface area contributed by atoms with E-state index < -0.39 is 0 Å². The molecule has 1 heterocycles. The normalized spacial score (nSPS) is 11.0. The number of pyridine rings is 1. The van der Waals surface area contributed by atoms with E-state index in [4.69, 9.17) is 4.74 Å². The van der Waals surface area contributed by atoms with Crippen molar-refractivity contribution in [3.8, 4) is 5.88 Å². The predicted molar refractivity (Wildman–Crippen MR) is 107 cm³/mol. The number of guanidine groups is 1. The average Bonchev–Trinajstić information content (AvgIpc) is 2.71. The molecule has 0 spiro atoms. The zero-order chi connectivity index (χ0) is 19.5. The van der Waals surface area contributed by atoms with E-state index in [9.17, 15) is 4.79 Å². The van der Waals surface area contributed by atoms with Crippen molar-refractivity contribution < 1.29 is 9.53 Å². The van der Waals surface area contributed by atoms with E-state index in [-0.39, 0.29) is 5.91 Å². The molecular weight excluding hydrogens is 342 g/mol. The van der Waals surface area contributed by atoms with E-state index >= 15 is 0 Å². The van der Waals surface area contributed by atoms with E-state index in [1.54, 1.807) is 26.4 Å². The molecule has 1 amide bonds. The van der Waals surface area contributed by atoms with Crippen molar-refractivity contribution in [2.45, 2.75) is 19.9 Å². The van der Waals surface area contributed by atoms with Gasteiger partial charge in [-0.2, -0.15) is 0 Å². The van der Waals surface area contributed by atoms with E-state index in [1.165, 1.54) is 0 Å². The summed E-state index contributed by atoms with van der Waals surface area (Å²) in [5.74, 6) is 1.25. The smallest absolute Gasteiger partial charge is 0.251 e. The summed E-state index contributed by atoms with van der Waals surface area (Å²) in [5, 5.41) is 9.18. The zero-order valence-corrected chi connectivity index (χ0v) is 16.1. The Bertz CT molecular complexity index is 776. The fraction of sp³-hybridized carbons (Fsp3) is 0.350. The molecule has 0 atom stereocenters. The van der Waals surface area contributed by atoms with Crippen molar-refractivity contribution >= 4 is 11.9 Å². The Labute approximate surface area is 160 Å². The van der Waals surface area contributed by atoms with Crippen LogP contribution in [-0.2, 0) is 13.0 Å². The lowest BCUT2D eigenvalue weighted by Gasteiger charge is -2.14. The molecule has 0 fully saturated rings. The van der Waals surface area contributed by atoms with Gasteiger partial charge in [0.05, 0.1) is 6.61 Å². The second kappa shape index (κ2) is 10.8. The first kappa shape index (κ1) is 20.2. The van der Waals surface area contributed by atoms with Gasteiger partial charge in [-0.3, -0.25) is 9.79 Å². The van der Waals surface area contributed by atoms with Crippen molar-refractivity contribution in [3.05, 3.63) is 59.3 Å². The first-order valence-corrected chi connectivity index (χ1v) is 9.00. The standard InChI is InChI=1S/C20H27N5O2/c1-4-27-19-17(9-6-11-23-19)14-25-20(22-3)24-12-10-15-7-5-8-16(13-15)18(26)21-2/h5-9,11,13H,4,10,12,14H2,1-3H3,(H,21,26)(H2,22,24,25). The first-order chi connectivity index (χ1) is 13.2. The fourth-order valence-corrected chi connectivity index (χ4v) is 2.56. The molecular formula is C20H27N5O2. The quantitative estimate of drug-likeness (QED) is 0.487. The Hall–Kier alpha value is -3.09. The van der Waals surface area contributed by atoms with Gasteiger partial charge < -0.3 is 20.7 Å². The largest absolute Gasteiger partial charge is 0.478 e. The van der Waals surface area contributed by atoms with Crippen LogP contribution in [0.1, 0.15) is 28.4 Å². The first-order valence-electron chi connectivity index (χ1n) is 9.00. The summed E-state index contributed by atoms with van der Waals surface area (Å²) in [6, 6.07) is 11.5. The van der Waals surface area contributed by atoms with Gasteiger partial charge in [0, 0.05) is 44.5 Å². The monoisotopic (exact) mass is 369 g/mol. The molecule has 27 heavy (non-hydrogen) atoms. The van der Waals surface area contributed by atoms with Crippen LogP contribution >= 0.6 is 0 Å². The number of hydrogen-bond donors (Lipinski definition) is 3. The van der Waals surface area contributed by atoms with Crippen LogP contribution in [0.3, 0.4) is 0 Å². The summed E-state index contributed by atoms with van der Waals surface area (Å²) in [4.78, 5) is 20.2. The summed E-state index contributed by atoms with van der Waals surface area (Å²) in [5.41, 5.74) is 2.73. The number of nitrogens with one attached hydrogen (secondary N) is 3. The molecule has 0 aliphatic heterocycles. The predicted octanol–water partition coefficient (Wildman–Crippen LogP) is 1.75. The van der Waals surface area contributed by atoms with Crippen molar-refractivity contribution in [2.75, 3.05) is 27.2 Å². The molecule has 7 heteroatoms. The minimum atomic E-state index is -0.0798. The topological polar surface area (TPSA) is 87.6 Å². The number of amides is 1. The molecule has 0 unspecified atom stereocenters. The zero-order valence-electron chi connectivity index (χ0n) is 16.1. The molecule has 0 radical (unpaired) electrons. The van der Waals surface area contributed by atoms with Gasteiger partial charge in [0.25, 0.3) is 5.91 Å². The fourth-order valence-electron chi connectivity index (χ4n) is 2.56. The van der Waals surface area contributed by atoms with E-state index in [0.717, 1.165) is 17.5 Å². The van der Waals surface area contributed by atoms with E-state index in [2.05, 4.69) is 25.9 Å². The molecule has 2 aromatic rings. The Balaban J connectivity index is 1.85. The molecule has 2 rings (SSSR count). The molecule has 0 aliphatic rings. The van der Waals surface area contributed by atoms with Crippen LogP contribution in [0.15, 0.2) is 47.6 Å². The van der Waals surface area contributed by atoms with E-state index in [1.807, 2.05) is 37.3 Å². The number of aromatic nitrogens is 1. The van der Waals surface area contributed by atoms with Crippen LogP contribution in [0.25, 0.3) is 0 Å². The number of hydrogen-bond acceptors (Lipinski definition) is 4. The van der Waals surface area contributed by atoms with Gasteiger partial charge >= 0.3 is 0 Å². The van der Waals surface area contributed by atoms with Gasteiger partial charge in [0.2, 0.25) is 5.88 Å². The Morgan fingerprint density at radius 3 is 2.81 bits per heavy atom. The van der Waals surface area contributed by atoms with Gasteiger partial charge in [-0.1, -0.05) is 18.2 Å². The molecule has 1 aromatic heterocycles. The van der Waals surface area contributed by atoms with Crippen LogP contribution in [0.4, 0.5) is 0 Å². The minimum Gasteiger partial charge on any atom is -0.478 e. The number of ether oxygens (including phenoxy) is 1. The van der Waals surface area contributed by atoms with Crippen LogP contribution in [0.5, 0.6) is 5.88 Å². The Morgan fingerprint density at radius 2 is 2.07 bits per heavy atom. The second-order valence-electron chi connectivity index (χ2n) is 5.78. The van der Waals surface area contributed by atoms with Crippen LogP contribution in [-0.4, -0.2) is 44.1 Å². The maximum atomic E-state index is 11.7. The van der Waals surface area contributed by atoms with Gasteiger partial charge in [-0.25, -0.2) is 4.98 Å². The second-order valence-corrected chi connectivity index (χ2v) is 5.78. The molecule has 0 bridgehead atoms. The maximum absolute atomic E-state index is 11.7. The molecule has 7 nitrogen and oxygen atoms in total. The molecule has 0 aliphatic carbocycles. The van der Waals surface area contributed by atoms with Gasteiger partial charge in [0.1, 0.15) is 0 Å². The summed E-state index contributed by atoms with van der Waals surface area (Å²) in [7, 11) is 3.36. The lowest BCUT2D eigenvalue weighted by Crippen LogP contribution is -2.38. The maximum Gasteiger partial charge on any atom is 0.251 e. The SMILES string of the molecule is CCOc1ncccc1CNC(=NC)NCCc1cccc(C(=O)NC)c1. The summed E-state index contributed by atoms with van der Waals surface area (Å²) in [6.45, 7) is 3.77. The number of aliphatic imine (C=N–C) groups is 1. The third-order valence-electron chi connectivity index (χ3n) is 3.92. The van der Waals surface area contributed by atoms with Crippen LogP contribution in [0.2, 0.25) is 0 Å². The number of nitrogens with zero attached hydrogens (tertiary/aromatic N) is 2. The number of benzene rings is 1. The lowest BCUT2D eigenvalue weighted by molar-refractivity contribution is 0.0963. The molecule has 1 aromatic carbocycles. The lowest BCUT2D eigenvalue weighted by atomic mass is 10.1. The summed E-state index contributed by atoms with van der Waals surface area (Å²) in [6.07, 6.45) is 2.50. The number of carbonyl (C=O) groups is 1. The van der Waals surface area contributed by atoms with Gasteiger partial charge in [0.15, 0.2) is 5.96 Å². The summed E-state index contributed by atoms with van der Waals surface area (Å²) >= 11 is 0. The van der Waals surface area contributed by atoms with E-state index in [0.29, 0.717) is 37.1 Å². The van der Waals surface area contributed by atoms with Gasteiger partial charge in [-0.05, 0) is 37.1 Å². The van der Waals surface area contributed by atoms with Gasteiger partial charge in [-0.15, -0.1) is 0 Å². The van der Waals surface area contributed by atoms with Crippen LogP contribution < -0.4 is 20.7 Å². The highest BCUT2D eigenvalue weighted by atomic mass is 16.5. The van der Waals surface area contributed by atoms with Crippen molar-refractivity contribution in [1.29, 1.82) is 0 Å². The third-order valence-corrected chi connectivity index (χ3v) is 3.92. The highest BCUT2D eigenvalue weighted by Crippen LogP contribution is 2.13. The average molecular weight is 369 g/mol. The number of rotatable bonds is 8. The minimum absolute atomic E-state index is 0.0798. The third kappa shape index (κ3) is 6.29. The Morgan fingerprint density at radius 1 is 1.22 bits per heavy atom. The van der Waals surface area contributed by atoms with Crippen molar-refractivity contribution in [2.24, 2.45) is 4.99 Å². The Kier molecular flexibility index (Phi) is 8.09. The van der Waals surface area contributed by atoms with Crippen molar-refractivity contribution in [3.63, 3.8) is 0 Å². The molecule has 0 saturated carbocycles. The van der Waals surface area contributed by atoms with Crippen LogP contribution in [0, 0.1) is 0 Å². The molecule has 0 saturated heterocycles. The highest BCUT2D eigenvalue weighted by Gasteiger charge is 2.06. The van der Waals surface area contributed by atoms with Crippen molar-refractivity contribution in [1.82, 2.24) is 20.9 Å². The number of carbonyl (C=O) groups excluding carboxylic acids is 1. The molecule has 144 valence electrons. The molecule has 3 N–H and O–H groups in total. The highest BCUT2D eigenvalue weighted by molar-refractivity contribution is 5.94.